The highest BCUT2D eigenvalue weighted by molar-refractivity contribution is 4.77. The lowest BCUT2D eigenvalue weighted by Gasteiger charge is -2.36. The molecule has 3 nitrogen and oxygen atoms in total. The first-order valence-corrected chi connectivity index (χ1v) is 5.83. The molecule has 0 aromatic heterocycles. The van der Waals surface area contributed by atoms with E-state index >= 15 is 0 Å². The molecule has 3 heteroatoms. The van der Waals surface area contributed by atoms with E-state index in [1.54, 1.807) is 0 Å². The summed E-state index contributed by atoms with van der Waals surface area (Å²) in [7, 11) is 4.28. The Bertz CT molecular complexity index is 145. The van der Waals surface area contributed by atoms with Crippen molar-refractivity contribution in [1.29, 1.82) is 0 Å². The molecule has 14 heavy (non-hydrogen) atoms. The predicted molar refractivity (Wildman–Crippen MR) is 61.4 cm³/mol. The topological polar surface area (TPSA) is 32.5 Å². The summed E-state index contributed by atoms with van der Waals surface area (Å²) < 4.78 is 0. The predicted octanol–water partition coefficient (Wildman–Crippen LogP) is 0.751. The van der Waals surface area contributed by atoms with Crippen molar-refractivity contribution in [1.82, 2.24) is 9.80 Å². The molecule has 84 valence electrons. The molecule has 1 fully saturated rings. The highest BCUT2D eigenvalue weighted by Crippen LogP contribution is 2.18. The van der Waals surface area contributed by atoms with Gasteiger partial charge >= 0.3 is 0 Å². The van der Waals surface area contributed by atoms with Crippen molar-refractivity contribution < 1.29 is 0 Å². The van der Waals surface area contributed by atoms with Crippen LogP contribution in [0.25, 0.3) is 0 Å². The first-order valence-electron chi connectivity index (χ1n) is 5.83. The summed E-state index contributed by atoms with van der Waals surface area (Å²) in [6.07, 6.45) is 5.29. The van der Waals surface area contributed by atoms with Crippen molar-refractivity contribution in [3.05, 3.63) is 0 Å². The molecule has 1 unspecified atom stereocenters. The first-order chi connectivity index (χ1) is 6.74. The van der Waals surface area contributed by atoms with E-state index in [9.17, 15) is 0 Å². The zero-order valence-electron chi connectivity index (χ0n) is 9.71. The van der Waals surface area contributed by atoms with Crippen LogP contribution in [0.4, 0.5) is 0 Å². The summed E-state index contributed by atoms with van der Waals surface area (Å²) in [5.74, 6) is 0. The number of piperidine rings is 1. The van der Waals surface area contributed by atoms with Crippen LogP contribution in [-0.4, -0.2) is 56.1 Å². The molecule has 2 N–H and O–H groups in total. The van der Waals surface area contributed by atoms with E-state index in [-0.39, 0.29) is 0 Å². The first kappa shape index (κ1) is 12.0. The lowest BCUT2D eigenvalue weighted by molar-refractivity contribution is 0.131. The number of likely N-dealkylation sites (N-methyl/N-ethyl adjacent to an activating group) is 1. The Kier molecular flexibility index (Phi) is 5.45. The van der Waals surface area contributed by atoms with E-state index in [2.05, 4.69) is 23.9 Å². The van der Waals surface area contributed by atoms with E-state index < -0.39 is 0 Å². The number of nitrogens with two attached hydrogens (primary N) is 1. The highest BCUT2D eigenvalue weighted by atomic mass is 15.2. The Labute approximate surface area is 88.2 Å². The third-order valence-electron chi connectivity index (χ3n) is 3.08. The van der Waals surface area contributed by atoms with Gasteiger partial charge in [0.05, 0.1) is 0 Å². The summed E-state index contributed by atoms with van der Waals surface area (Å²) in [5, 5.41) is 0. The van der Waals surface area contributed by atoms with Gasteiger partial charge in [-0.3, -0.25) is 4.90 Å². The van der Waals surface area contributed by atoms with E-state index in [0.717, 1.165) is 12.6 Å². The van der Waals surface area contributed by atoms with Crippen LogP contribution in [0.2, 0.25) is 0 Å². The molecule has 0 saturated carbocycles. The fourth-order valence-corrected chi connectivity index (χ4v) is 2.20. The van der Waals surface area contributed by atoms with Crippen molar-refractivity contribution in [3.63, 3.8) is 0 Å². The lowest BCUT2D eigenvalue weighted by Crippen LogP contribution is -2.43. The zero-order valence-corrected chi connectivity index (χ0v) is 9.71. The summed E-state index contributed by atoms with van der Waals surface area (Å²) in [4.78, 5) is 4.88. The molecule has 1 aliphatic heterocycles. The zero-order chi connectivity index (χ0) is 10.4. The molecule has 1 rings (SSSR count). The molecule has 1 aliphatic rings. The quantitative estimate of drug-likeness (QED) is 0.709. The van der Waals surface area contributed by atoms with Gasteiger partial charge < -0.3 is 10.6 Å². The maximum absolute atomic E-state index is 5.64. The highest BCUT2D eigenvalue weighted by Gasteiger charge is 2.20. The molecule has 1 saturated heterocycles. The second-order valence-electron chi connectivity index (χ2n) is 4.57. The SMILES string of the molecule is CN(C)CCN1CCCCC1CCN. The van der Waals surface area contributed by atoms with E-state index in [0.29, 0.717) is 0 Å². The van der Waals surface area contributed by atoms with E-state index in [4.69, 9.17) is 5.73 Å². The standard InChI is InChI=1S/C11H25N3/c1-13(2)9-10-14-8-4-3-5-11(14)6-7-12/h11H,3-10,12H2,1-2H3. The van der Waals surface area contributed by atoms with Crippen LogP contribution in [0, 0.1) is 0 Å². The molecule has 0 spiro atoms. The van der Waals surface area contributed by atoms with Gasteiger partial charge in [0.1, 0.15) is 0 Å². The van der Waals surface area contributed by atoms with Crippen LogP contribution in [-0.2, 0) is 0 Å². The second-order valence-corrected chi connectivity index (χ2v) is 4.57. The van der Waals surface area contributed by atoms with Crippen LogP contribution >= 0.6 is 0 Å². The third kappa shape index (κ3) is 3.95. The minimum Gasteiger partial charge on any atom is -0.330 e. The smallest absolute Gasteiger partial charge is 0.0112 e. The van der Waals surface area contributed by atoms with Crippen molar-refractivity contribution >= 4 is 0 Å². The average molecular weight is 199 g/mol. The van der Waals surface area contributed by atoms with Gasteiger partial charge in [0.2, 0.25) is 0 Å². The van der Waals surface area contributed by atoms with Gasteiger partial charge in [-0.15, -0.1) is 0 Å². The number of likely N-dealkylation sites (tertiary alicyclic amines) is 1. The van der Waals surface area contributed by atoms with Gasteiger partial charge in [-0.25, -0.2) is 0 Å². The Morgan fingerprint density at radius 3 is 2.79 bits per heavy atom. The lowest BCUT2D eigenvalue weighted by atomic mass is 9.99. The molecular weight excluding hydrogens is 174 g/mol. The van der Waals surface area contributed by atoms with Gasteiger partial charge in [0, 0.05) is 19.1 Å². The summed E-state index contributed by atoms with van der Waals surface area (Å²) in [5.41, 5.74) is 5.64. The number of rotatable bonds is 5. The molecule has 0 radical (unpaired) electrons. The molecular formula is C11H25N3. The fourth-order valence-electron chi connectivity index (χ4n) is 2.20. The van der Waals surface area contributed by atoms with Crippen LogP contribution in [0.15, 0.2) is 0 Å². The van der Waals surface area contributed by atoms with Crippen LogP contribution in [0.1, 0.15) is 25.7 Å². The van der Waals surface area contributed by atoms with Crippen molar-refractivity contribution in [2.45, 2.75) is 31.7 Å². The van der Waals surface area contributed by atoms with Gasteiger partial charge in [-0.2, -0.15) is 0 Å². The summed E-state index contributed by atoms with van der Waals surface area (Å²) in [6.45, 7) is 4.49. The van der Waals surface area contributed by atoms with E-state index in [1.165, 1.54) is 45.3 Å². The monoisotopic (exact) mass is 199 g/mol. The maximum Gasteiger partial charge on any atom is 0.0112 e. The molecule has 0 aromatic rings. The third-order valence-corrected chi connectivity index (χ3v) is 3.08. The van der Waals surface area contributed by atoms with Crippen LogP contribution in [0.5, 0.6) is 0 Å². The van der Waals surface area contributed by atoms with E-state index in [1.807, 2.05) is 0 Å². The van der Waals surface area contributed by atoms with Gasteiger partial charge in [0.15, 0.2) is 0 Å². The van der Waals surface area contributed by atoms with Gasteiger partial charge in [-0.05, 0) is 46.4 Å². The average Bonchev–Trinajstić information content (AvgIpc) is 2.17. The molecule has 1 heterocycles. The van der Waals surface area contributed by atoms with Gasteiger partial charge in [-0.1, -0.05) is 6.42 Å². The minimum atomic E-state index is 0.758. The normalized spacial score (nSPS) is 24.4. The number of hydrogen-bond donors (Lipinski definition) is 1. The largest absolute Gasteiger partial charge is 0.330 e. The molecule has 1 atom stereocenters. The Morgan fingerprint density at radius 1 is 1.36 bits per heavy atom. The Hall–Kier alpha value is -0.120. The Balaban J connectivity index is 2.30. The Morgan fingerprint density at radius 2 is 2.14 bits per heavy atom. The molecule has 0 amide bonds. The fraction of sp³-hybridized carbons (Fsp3) is 1.00. The molecule has 0 aliphatic carbocycles. The van der Waals surface area contributed by atoms with Crippen molar-refractivity contribution in [2.24, 2.45) is 5.73 Å². The summed E-state index contributed by atoms with van der Waals surface area (Å²) >= 11 is 0. The summed E-state index contributed by atoms with van der Waals surface area (Å²) in [6, 6.07) is 0.758. The van der Waals surface area contributed by atoms with Crippen molar-refractivity contribution in [3.8, 4) is 0 Å². The van der Waals surface area contributed by atoms with Crippen molar-refractivity contribution in [2.75, 3.05) is 40.3 Å². The maximum atomic E-state index is 5.64. The van der Waals surface area contributed by atoms with Gasteiger partial charge in [0.25, 0.3) is 0 Å². The van der Waals surface area contributed by atoms with Crippen LogP contribution in [0.3, 0.4) is 0 Å². The number of nitrogens with zero attached hydrogens (tertiary/aromatic N) is 2. The molecule has 0 bridgehead atoms. The second kappa shape index (κ2) is 6.38. The minimum absolute atomic E-state index is 0.758. The molecule has 0 aromatic carbocycles. The van der Waals surface area contributed by atoms with Crippen LogP contribution < -0.4 is 5.73 Å². The number of hydrogen-bond acceptors (Lipinski definition) is 3.